The van der Waals surface area contributed by atoms with Crippen LogP contribution in [0.25, 0.3) is 0 Å². The van der Waals surface area contributed by atoms with Gasteiger partial charge in [0.1, 0.15) is 6.54 Å². The highest BCUT2D eigenvalue weighted by Gasteiger charge is 2.05. The van der Waals surface area contributed by atoms with Gasteiger partial charge >= 0.3 is 5.97 Å². The predicted octanol–water partition coefficient (Wildman–Crippen LogP) is -0.591. The SMILES string of the molecule is CCOC(=O)Cn1cc(NC=O)nn1. The number of carbonyl (C=O) groups is 2. The average molecular weight is 198 g/mol. The maximum atomic E-state index is 11.0. The lowest BCUT2D eigenvalue weighted by molar-refractivity contribution is -0.144. The zero-order valence-electron chi connectivity index (χ0n) is 7.64. The van der Waals surface area contributed by atoms with Crippen molar-refractivity contribution in [1.82, 2.24) is 15.0 Å². The van der Waals surface area contributed by atoms with Crippen LogP contribution in [0.1, 0.15) is 6.92 Å². The quantitative estimate of drug-likeness (QED) is 0.504. The van der Waals surface area contributed by atoms with E-state index in [0.717, 1.165) is 0 Å². The molecule has 0 aliphatic carbocycles. The maximum absolute atomic E-state index is 11.0. The van der Waals surface area contributed by atoms with Gasteiger partial charge in [0.2, 0.25) is 6.41 Å². The molecule has 1 rings (SSSR count). The third-order valence-corrected chi connectivity index (χ3v) is 1.34. The number of nitrogens with one attached hydrogen (secondary N) is 1. The van der Waals surface area contributed by atoms with Crippen LogP contribution in [0.15, 0.2) is 6.20 Å². The molecule has 1 aromatic heterocycles. The van der Waals surface area contributed by atoms with E-state index in [1.807, 2.05) is 0 Å². The van der Waals surface area contributed by atoms with Crippen LogP contribution in [0, 0.1) is 0 Å². The monoisotopic (exact) mass is 198 g/mol. The van der Waals surface area contributed by atoms with Crippen molar-refractivity contribution in [2.45, 2.75) is 13.5 Å². The van der Waals surface area contributed by atoms with Crippen LogP contribution >= 0.6 is 0 Å². The summed E-state index contributed by atoms with van der Waals surface area (Å²) in [5.74, 6) is -0.0978. The van der Waals surface area contributed by atoms with Crippen LogP contribution in [-0.4, -0.2) is 34.0 Å². The minimum atomic E-state index is -0.393. The molecule has 1 heterocycles. The van der Waals surface area contributed by atoms with Gasteiger partial charge in [-0.2, -0.15) is 0 Å². The summed E-state index contributed by atoms with van der Waals surface area (Å²) >= 11 is 0. The van der Waals surface area contributed by atoms with Crippen molar-refractivity contribution >= 4 is 18.2 Å². The van der Waals surface area contributed by atoms with Gasteiger partial charge in [0, 0.05) is 0 Å². The Bertz CT molecular complexity index is 322. The molecule has 7 heteroatoms. The Morgan fingerprint density at radius 3 is 3.21 bits per heavy atom. The predicted molar refractivity (Wildman–Crippen MR) is 46.3 cm³/mol. The van der Waals surface area contributed by atoms with Crippen molar-refractivity contribution in [3.63, 3.8) is 0 Å². The summed E-state index contributed by atoms with van der Waals surface area (Å²) in [7, 11) is 0. The number of rotatable bonds is 5. The average Bonchev–Trinajstić information content (AvgIpc) is 2.53. The van der Waals surface area contributed by atoms with Crippen LogP contribution in [0.3, 0.4) is 0 Å². The molecule has 1 amide bonds. The highest BCUT2D eigenvalue weighted by molar-refractivity contribution is 5.70. The fraction of sp³-hybridized carbons (Fsp3) is 0.429. The molecule has 0 atom stereocenters. The summed E-state index contributed by atoms with van der Waals surface area (Å²) in [5, 5.41) is 9.49. The highest BCUT2D eigenvalue weighted by Crippen LogP contribution is 1.97. The largest absolute Gasteiger partial charge is 0.465 e. The Hall–Kier alpha value is -1.92. The summed E-state index contributed by atoms with van der Waals surface area (Å²) in [6.45, 7) is 2.03. The minimum Gasteiger partial charge on any atom is -0.465 e. The minimum absolute atomic E-state index is 0.0125. The molecular weight excluding hydrogens is 188 g/mol. The zero-order valence-corrected chi connectivity index (χ0v) is 7.64. The molecule has 0 radical (unpaired) electrons. The number of aromatic nitrogens is 3. The van der Waals surface area contributed by atoms with Crippen LogP contribution in [0.2, 0.25) is 0 Å². The van der Waals surface area contributed by atoms with Crippen LogP contribution in [-0.2, 0) is 20.9 Å². The first-order valence-corrected chi connectivity index (χ1v) is 4.02. The molecular formula is C7H10N4O3. The first-order chi connectivity index (χ1) is 6.76. The Balaban J connectivity index is 2.50. The highest BCUT2D eigenvalue weighted by atomic mass is 16.5. The molecule has 0 aliphatic heterocycles. The first kappa shape index (κ1) is 10.2. The molecule has 1 N–H and O–H groups in total. The molecule has 0 bridgehead atoms. The third-order valence-electron chi connectivity index (χ3n) is 1.34. The standard InChI is InChI=1S/C7H10N4O3/c1-2-14-7(13)4-11-3-6(8-5-12)9-10-11/h3,5H,2,4H2,1H3,(H,8,12). The lowest BCUT2D eigenvalue weighted by atomic mass is 10.6. The van der Waals surface area contributed by atoms with Gasteiger partial charge in [0.05, 0.1) is 12.8 Å². The lowest BCUT2D eigenvalue weighted by Crippen LogP contribution is -2.13. The van der Waals surface area contributed by atoms with E-state index in [4.69, 9.17) is 4.74 Å². The molecule has 0 unspecified atom stereocenters. The summed E-state index contributed by atoms with van der Waals surface area (Å²) in [6, 6.07) is 0. The smallest absolute Gasteiger partial charge is 0.327 e. The molecule has 0 saturated carbocycles. The number of hydrogen-bond donors (Lipinski definition) is 1. The second-order valence-electron chi connectivity index (χ2n) is 2.37. The zero-order chi connectivity index (χ0) is 10.4. The number of ether oxygens (including phenoxy) is 1. The van der Waals surface area contributed by atoms with Crippen molar-refractivity contribution in [2.75, 3.05) is 11.9 Å². The summed E-state index contributed by atoms with van der Waals surface area (Å²) in [5.41, 5.74) is 0. The lowest BCUT2D eigenvalue weighted by Gasteiger charge is -1.99. The van der Waals surface area contributed by atoms with Crippen LogP contribution in [0.5, 0.6) is 0 Å². The number of nitrogens with zero attached hydrogens (tertiary/aromatic N) is 3. The second-order valence-corrected chi connectivity index (χ2v) is 2.37. The number of hydrogen-bond acceptors (Lipinski definition) is 5. The van der Waals surface area contributed by atoms with E-state index >= 15 is 0 Å². The van der Waals surface area contributed by atoms with Gasteiger partial charge in [-0.05, 0) is 6.92 Å². The van der Waals surface area contributed by atoms with Crippen LogP contribution < -0.4 is 5.32 Å². The molecule has 0 saturated heterocycles. The van der Waals surface area contributed by atoms with Gasteiger partial charge in [-0.25, -0.2) is 4.68 Å². The topological polar surface area (TPSA) is 86.1 Å². The molecule has 0 aromatic carbocycles. The summed E-state index contributed by atoms with van der Waals surface area (Å²) in [6.07, 6.45) is 1.92. The van der Waals surface area contributed by atoms with E-state index in [1.54, 1.807) is 6.92 Å². The number of carbonyl (C=O) groups excluding carboxylic acids is 2. The van der Waals surface area contributed by atoms with E-state index in [9.17, 15) is 9.59 Å². The molecule has 0 spiro atoms. The van der Waals surface area contributed by atoms with E-state index in [1.165, 1.54) is 10.9 Å². The van der Waals surface area contributed by atoms with Gasteiger partial charge in [-0.15, -0.1) is 5.10 Å². The summed E-state index contributed by atoms with van der Waals surface area (Å²) in [4.78, 5) is 21.0. The van der Waals surface area contributed by atoms with Crippen molar-refractivity contribution < 1.29 is 14.3 Å². The van der Waals surface area contributed by atoms with Crippen molar-refractivity contribution in [3.05, 3.63) is 6.20 Å². The van der Waals surface area contributed by atoms with Gasteiger partial charge in [-0.1, -0.05) is 5.21 Å². The first-order valence-electron chi connectivity index (χ1n) is 4.02. The van der Waals surface area contributed by atoms with Crippen LogP contribution in [0.4, 0.5) is 5.82 Å². The van der Waals surface area contributed by atoms with Gasteiger partial charge < -0.3 is 10.1 Å². The Kier molecular flexibility index (Phi) is 3.59. The molecule has 14 heavy (non-hydrogen) atoms. The van der Waals surface area contributed by atoms with Gasteiger partial charge in [-0.3, -0.25) is 9.59 Å². The van der Waals surface area contributed by atoms with Gasteiger partial charge in [0.15, 0.2) is 5.82 Å². The fourth-order valence-electron chi connectivity index (χ4n) is 0.841. The normalized spacial score (nSPS) is 9.50. The van der Waals surface area contributed by atoms with Crippen molar-refractivity contribution in [1.29, 1.82) is 0 Å². The molecule has 1 aromatic rings. The van der Waals surface area contributed by atoms with Crippen molar-refractivity contribution in [2.24, 2.45) is 0 Å². The molecule has 0 fully saturated rings. The van der Waals surface area contributed by atoms with E-state index in [0.29, 0.717) is 18.8 Å². The third kappa shape index (κ3) is 2.85. The number of amides is 1. The second kappa shape index (κ2) is 4.95. The molecule has 0 aliphatic rings. The van der Waals surface area contributed by atoms with E-state index in [2.05, 4.69) is 15.6 Å². The van der Waals surface area contributed by atoms with E-state index < -0.39 is 5.97 Å². The number of anilines is 1. The fourth-order valence-corrected chi connectivity index (χ4v) is 0.841. The maximum Gasteiger partial charge on any atom is 0.327 e. The Morgan fingerprint density at radius 1 is 1.79 bits per heavy atom. The molecule has 76 valence electrons. The number of esters is 1. The Morgan fingerprint density at radius 2 is 2.57 bits per heavy atom. The van der Waals surface area contributed by atoms with E-state index in [-0.39, 0.29) is 6.54 Å². The van der Waals surface area contributed by atoms with Gasteiger partial charge in [0.25, 0.3) is 0 Å². The summed E-state index contributed by atoms with van der Waals surface area (Å²) < 4.78 is 5.98. The Labute approximate surface area is 80.0 Å². The van der Waals surface area contributed by atoms with Crippen molar-refractivity contribution in [3.8, 4) is 0 Å². The molecule has 7 nitrogen and oxygen atoms in total.